The van der Waals surface area contributed by atoms with E-state index >= 15 is 0 Å². The summed E-state index contributed by atoms with van der Waals surface area (Å²) < 4.78 is 1.69. The Labute approximate surface area is 227 Å². The Morgan fingerprint density at radius 1 is 0.816 bits per heavy atom. The van der Waals surface area contributed by atoms with Crippen molar-refractivity contribution in [2.45, 2.75) is 5.92 Å². The van der Waals surface area contributed by atoms with Crippen molar-refractivity contribution in [1.29, 1.82) is 10.8 Å². The van der Waals surface area contributed by atoms with Crippen LogP contribution in [0, 0.1) is 22.7 Å². The monoisotopic (exact) mass is 544 g/mol. The maximum atomic E-state index is 13.5. The van der Waals surface area contributed by atoms with Gasteiger partial charge in [-0.1, -0.05) is 72.1 Å². The fourth-order valence-electron chi connectivity index (χ4n) is 4.60. The van der Waals surface area contributed by atoms with Crippen LogP contribution >= 0.6 is 23.5 Å². The lowest BCUT2D eigenvalue weighted by Gasteiger charge is -2.34. The first-order valence-corrected chi connectivity index (χ1v) is 14.1. The summed E-state index contributed by atoms with van der Waals surface area (Å²) in [5, 5.41) is 28.4. The fraction of sp³-hybridized carbons (Fsp3) is 0.192. The average molecular weight is 545 g/mol. The van der Waals surface area contributed by atoms with Crippen molar-refractivity contribution < 1.29 is 9.59 Å². The second-order valence-corrected chi connectivity index (χ2v) is 10.1. The van der Waals surface area contributed by atoms with Gasteiger partial charge in [-0.05, 0) is 24.6 Å². The van der Waals surface area contributed by atoms with Gasteiger partial charge in [0.25, 0.3) is 0 Å². The van der Waals surface area contributed by atoms with Gasteiger partial charge in [0.1, 0.15) is 23.5 Å². The molecule has 2 aliphatic heterocycles. The summed E-state index contributed by atoms with van der Waals surface area (Å²) in [5.41, 5.74) is 2.64. The molecule has 0 saturated carbocycles. The largest absolute Gasteiger partial charge is 0.304 e. The molecule has 2 amide bonds. The van der Waals surface area contributed by atoms with E-state index in [2.05, 4.69) is 20.6 Å². The van der Waals surface area contributed by atoms with E-state index in [-0.39, 0.29) is 11.7 Å². The third-order valence-corrected chi connectivity index (χ3v) is 7.49. The van der Waals surface area contributed by atoms with Crippen molar-refractivity contribution in [2.24, 2.45) is 21.8 Å². The fourth-order valence-corrected chi connectivity index (χ4v) is 5.39. The van der Waals surface area contributed by atoms with Crippen molar-refractivity contribution >= 4 is 57.3 Å². The van der Waals surface area contributed by atoms with Crippen LogP contribution in [0.4, 0.5) is 0 Å². The third-order valence-electron chi connectivity index (χ3n) is 6.33. The molecular weight excluding hydrogens is 520 g/mol. The number of nitrogens with one attached hydrogen (secondary N) is 4. The van der Waals surface area contributed by atoms with E-state index < -0.39 is 29.6 Å². The highest BCUT2D eigenvalue weighted by Crippen LogP contribution is 2.42. The van der Waals surface area contributed by atoms with Crippen LogP contribution in [0.15, 0.2) is 76.8 Å². The van der Waals surface area contributed by atoms with E-state index in [4.69, 9.17) is 15.9 Å². The Balaban J connectivity index is 1.75. The van der Waals surface area contributed by atoms with E-state index in [0.717, 1.165) is 11.3 Å². The summed E-state index contributed by atoms with van der Waals surface area (Å²) >= 11 is 2.44. The minimum Gasteiger partial charge on any atom is -0.304 e. The molecule has 0 radical (unpaired) electrons. The standard InChI is InChI=1S/C26H24N8O2S2/c1-37-25-29-21(27)18(23(35)31-25)17(19-22(28)30-26(38-2)32-24(19)36)16-13-34(15-11-7-4-8-12-15)33-20(16)14-9-5-3-6-10-14/h3-13,17-19H,1-2H3,(H2,27,29,31,35)(H2,28,30,32,36). The quantitative estimate of drug-likeness (QED) is 0.388. The van der Waals surface area contributed by atoms with Crippen molar-refractivity contribution in [1.82, 2.24) is 20.4 Å². The van der Waals surface area contributed by atoms with Gasteiger partial charge in [-0.2, -0.15) is 5.10 Å². The highest BCUT2D eigenvalue weighted by molar-refractivity contribution is 8.13. The molecule has 0 bridgehead atoms. The summed E-state index contributed by atoms with van der Waals surface area (Å²) in [6.07, 6.45) is 5.28. The molecular formula is C26H24N8O2S2. The molecule has 5 rings (SSSR count). The van der Waals surface area contributed by atoms with Crippen LogP contribution in [0.5, 0.6) is 0 Å². The Morgan fingerprint density at radius 2 is 1.32 bits per heavy atom. The Bertz CT molecular complexity index is 1430. The molecule has 0 aliphatic carbocycles. The SMILES string of the molecule is CSC1=NC(=N)C(C(c2cn(-c3ccccc3)nc2-c2ccccc2)C2C(=N)N=C(SC)NC2=O)C(=O)N1. The van der Waals surface area contributed by atoms with Gasteiger partial charge in [0.2, 0.25) is 11.8 Å². The van der Waals surface area contributed by atoms with Gasteiger partial charge >= 0.3 is 0 Å². The van der Waals surface area contributed by atoms with Crippen LogP contribution in [0.2, 0.25) is 0 Å². The van der Waals surface area contributed by atoms with E-state index in [0.29, 0.717) is 21.6 Å². The normalized spacial score (nSPS) is 20.4. The molecule has 2 aliphatic rings. The molecule has 10 nitrogen and oxygen atoms in total. The second kappa shape index (κ2) is 10.8. The molecule has 0 saturated heterocycles. The number of hydrogen-bond donors (Lipinski definition) is 4. The summed E-state index contributed by atoms with van der Waals surface area (Å²) in [5.74, 6) is -4.57. The molecule has 2 atom stereocenters. The van der Waals surface area contributed by atoms with Gasteiger partial charge in [0.15, 0.2) is 10.3 Å². The maximum absolute atomic E-state index is 13.5. The smallest absolute Gasteiger partial charge is 0.237 e. The van der Waals surface area contributed by atoms with Gasteiger partial charge in [-0.3, -0.25) is 20.4 Å². The molecule has 192 valence electrons. The molecule has 12 heteroatoms. The van der Waals surface area contributed by atoms with Crippen molar-refractivity contribution in [3.8, 4) is 16.9 Å². The molecule has 4 N–H and O–H groups in total. The van der Waals surface area contributed by atoms with E-state index in [1.165, 1.54) is 23.5 Å². The number of carbonyl (C=O) groups excluding carboxylic acids is 2. The molecule has 0 fully saturated rings. The lowest BCUT2D eigenvalue weighted by molar-refractivity contribution is -0.124. The zero-order chi connectivity index (χ0) is 26.8. The number of amidine groups is 4. The molecule has 3 heterocycles. The number of nitrogens with zero attached hydrogens (tertiary/aromatic N) is 4. The van der Waals surface area contributed by atoms with Crippen molar-refractivity contribution in [3.63, 3.8) is 0 Å². The molecule has 38 heavy (non-hydrogen) atoms. The van der Waals surface area contributed by atoms with Crippen LogP contribution in [-0.4, -0.2) is 56.1 Å². The third kappa shape index (κ3) is 4.79. The molecule has 2 aromatic carbocycles. The van der Waals surface area contributed by atoms with Crippen LogP contribution in [0.1, 0.15) is 11.5 Å². The van der Waals surface area contributed by atoms with Gasteiger partial charge in [0.05, 0.1) is 11.4 Å². The Kier molecular flexibility index (Phi) is 7.25. The first-order chi connectivity index (χ1) is 18.4. The summed E-state index contributed by atoms with van der Waals surface area (Å²) in [7, 11) is 0. The Hall–Kier alpha value is -4.03. The lowest BCUT2D eigenvalue weighted by atomic mass is 9.73. The van der Waals surface area contributed by atoms with Gasteiger partial charge in [0, 0.05) is 23.2 Å². The summed E-state index contributed by atoms with van der Waals surface area (Å²) in [6, 6.07) is 18.9. The minimum absolute atomic E-state index is 0.185. The number of para-hydroxylation sites is 1. The predicted molar refractivity (Wildman–Crippen MR) is 152 cm³/mol. The molecule has 1 aromatic heterocycles. The minimum atomic E-state index is -1.15. The molecule has 0 spiro atoms. The number of carbonyl (C=O) groups is 2. The summed E-state index contributed by atoms with van der Waals surface area (Å²) in [6.45, 7) is 0. The number of amides is 2. The lowest BCUT2D eigenvalue weighted by Crippen LogP contribution is -2.52. The number of benzene rings is 2. The number of hydrogen-bond acceptors (Lipinski definition) is 7. The second-order valence-electron chi connectivity index (χ2n) is 8.55. The van der Waals surface area contributed by atoms with E-state index in [9.17, 15) is 9.59 Å². The van der Waals surface area contributed by atoms with Crippen LogP contribution in [0.25, 0.3) is 16.9 Å². The zero-order valence-electron chi connectivity index (χ0n) is 20.5. The zero-order valence-corrected chi connectivity index (χ0v) is 22.1. The highest BCUT2D eigenvalue weighted by atomic mass is 32.2. The first-order valence-electron chi connectivity index (χ1n) is 11.7. The maximum Gasteiger partial charge on any atom is 0.237 e. The van der Waals surface area contributed by atoms with Gasteiger partial charge < -0.3 is 10.6 Å². The molecule has 2 unspecified atom stereocenters. The Morgan fingerprint density at radius 3 is 1.79 bits per heavy atom. The topological polar surface area (TPSA) is 148 Å². The van der Waals surface area contributed by atoms with E-state index in [1.54, 1.807) is 23.4 Å². The number of thioether (sulfide) groups is 2. The van der Waals surface area contributed by atoms with Crippen LogP contribution in [0.3, 0.4) is 0 Å². The van der Waals surface area contributed by atoms with Gasteiger partial charge in [-0.25, -0.2) is 14.7 Å². The predicted octanol–water partition coefficient (Wildman–Crippen LogP) is 3.51. The van der Waals surface area contributed by atoms with E-state index in [1.807, 2.05) is 60.7 Å². The van der Waals surface area contributed by atoms with Gasteiger partial charge in [-0.15, -0.1) is 0 Å². The number of aromatic nitrogens is 2. The summed E-state index contributed by atoms with van der Waals surface area (Å²) in [4.78, 5) is 35.5. The molecule has 3 aromatic rings. The number of aliphatic imine (C=N–C) groups is 2. The first kappa shape index (κ1) is 25.6. The van der Waals surface area contributed by atoms with Crippen LogP contribution < -0.4 is 10.6 Å². The highest BCUT2D eigenvalue weighted by Gasteiger charge is 2.48. The van der Waals surface area contributed by atoms with Crippen LogP contribution in [-0.2, 0) is 9.59 Å². The van der Waals surface area contributed by atoms with Crippen molar-refractivity contribution in [3.05, 3.63) is 72.4 Å². The van der Waals surface area contributed by atoms with Crippen molar-refractivity contribution in [2.75, 3.05) is 12.5 Å². The average Bonchev–Trinajstić information content (AvgIpc) is 3.37. The number of rotatable bonds is 5.